The fraction of sp³-hybridized carbons (Fsp3) is 0.667. The Morgan fingerprint density at radius 1 is 1.65 bits per heavy atom. The molecule has 0 bridgehead atoms. The van der Waals surface area contributed by atoms with Gasteiger partial charge in [0.15, 0.2) is 0 Å². The third kappa shape index (κ3) is 3.30. The van der Waals surface area contributed by atoms with Crippen LogP contribution in [0.1, 0.15) is 24.1 Å². The van der Waals surface area contributed by atoms with E-state index < -0.39 is 5.97 Å². The van der Waals surface area contributed by atoms with E-state index in [1.54, 1.807) is 0 Å². The van der Waals surface area contributed by atoms with Crippen LogP contribution < -0.4 is 0 Å². The van der Waals surface area contributed by atoms with E-state index in [1.165, 1.54) is 12.8 Å². The lowest BCUT2D eigenvalue weighted by atomic mass is 10.2. The quantitative estimate of drug-likeness (QED) is 0.802. The molecule has 0 aliphatic heterocycles. The highest BCUT2D eigenvalue weighted by Crippen LogP contribution is 2.30. The van der Waals surface area contributed by atoms with Gasteiger partial charge in [0.05, 0.1) is 12.7 Å². The lowest BCUT2D eigenvalue weighted by Gasteiger charge is -2.19. The highest BCUT2D eigenvalue weighted by molar-refractivity contribution is 5.69. The summed E-state index contributed by atoms with van der Waals surface area (Å²) in [6.45, 7) is 3.70. The predicted octanol–water partition coefficient (Wildman–Crippen LogP) is 1.03. The minimum Gasteiger partial charge on any atom is -0.480 e. The second-order valence-corrected chi connectivity index (χ2v) is 4.89. The Hall–Kier alpha value is -1.36. The van der Waals surface area contributed by atoms with Crippen molar-refractivity contribution in [2.24, 2.45) is 13.0 Å². The molecule has 0 spiro atoms. The lowest BCUT2D eigenvalue weighted by Crippen LogP contribution is -2.31. The van der Waals surface area contributed by atoms with Crippen LogP contribution in [0.2, 0.25) is 0 Å². The Kier molecular flexibility index (Phi) is 3.47. The zero-order valence-corrected chi connectivity index (χ0v) is 10.4. The van der Waals surface area contributed by atoms with Crippen LogP contribution in [0.15, 0.2) is 6.20 Å². The average Bonchev–Trinajstić information content (AvgIpc) is 3.00. The van der Waals surface area contributed by atoms with Crippen molar-refractivity contribution < 1.29 is 9.90 Å². The van der Waals surface area contributed by atoms with Gasteiger partial charge in [0.2, 0.25) is 0 Å². The third-order valence-corrected chi connectivity index (χ3v) is 3.30. The van der Waals surface area contributed by atoms with E-state index in [-0.39, 0.29) is 6.54 Å². The van der Waals surface area contributed by atoms with Crippen LogP contribution in [0.25, 0.3) is 0 Å². The molecule has 1 aliphatic rings. The van der Waals surface area contributed by atoms with Gasteiger partial charge in [-0.15, -0.1) is 0 Å². The van der Waals surface area contributed by atoms with E-state index in [2.05, 4.69) is 5.10 Å². The maximum Gasteiger partial charge on any atom is 0.317 e. The van der Waals surface area contributed by atoms with Crippen LogP contribution >= 0.6 is 0 Å². The molecule has 2 rings (SSSR count). The van der Waals surface area contributed by atoms with Gasteiger partial charge in [-0.1, -0.05) is 0 Å². The summed E-state index contributed by atoms with van der Waals surface area (Å²) in [4.78, 5) is 12.8. The zero-order valence-electron chi connectivity index (χ0n) is 10.4. The normalized spacial score (nSPS) is 15.5. The molecule has 5 heteroatoms. The number of rotatable bonds is 6. The van der Waals surface area contributed by atoms with Crippen molar-refractivity contribution >= 4 is 5.97 Å². The van der Waals surface area contributed by atoms with Crippen molar-refractivity contribution in [3.8, 4) is 0 Å². The predicted molar refractivity (Wildman–Crippen MR) is 63.6 cm³/mol. The highest BCUT2D eigenvalue weighted by atomic mass is 16.4. The topological polar surface area (TPSA) is 58.4 Å². The second kappa shape index (κ2) is 4.87. The summed E-state index contributed by atoms with van der Waals surface area (Å²) in [5, 5.41) is 13.1. The van der Waals surface area contributed by atoms with Crippen LogP contribution in [0.4, 0.5) is 0 Å². The van der Waals surface area contributed by atoms with Crippen LogP contribution in [-0.4, -0.2) is 38.8 Å². The summed E-state index contributed by atoms with van der Waals surface area (Å²) < 4.78 is 1.82. The zero-order chi connectivity index (χ0) is 12.4. The minimum atomic E-state index is -0.757. The molecule has 5 nitrogen and oxygen atoms in total. The number of nitrogens with zero attached hydrogens (tertiary/aromatic N) is 3. The number of carboxylic acid groups (broad SMARTS) is 1. The fourth-order valence-electron chi connectivity index (χ4n) is 1.98. The molecule has 1 aromatic rings. The molecule has 17 heavy (non-hydrogen) atoms. The number of hydrogen-bond donors (Lipinski definition) is 1. The molecule has 0 saturated heterocycles. The molecule has 0 aromatic carbocycles. The van der Waals surface area contributed by atoms with Crippen LogP contribution in [-0.2, 0) is 18.4 Å². The maximum atomic E-state index is 10.8. The number of aromatic nitrogens is 2. The molecule has 1 saturated carbocycles. The molecular weight excluding hydrogens is 218 g/mol. The Bertz CT molecular complexity index is 410. The van der Waals surface area contributed by atoms with E-state index in [1.807, 2.05) is 29.7 Å². The van der Waals surface area contributed by atoms with Gasteiger partial charge in [0.25, 0.3) is 0 Å². The van der Waals surface area contributed by atoms with E-state index in [4.69, 9.17) is 5.11 Å². The molecule has 0 unspecified atom stereocenters. The summed E-state index contributed by atoms with van der Waals surface area (Å²) in [5.41, 5.74) is 2.23. The first-order valence-electron chi connectivity index (χ1n) is 5.98. The van der Waals surface area contributed by atoms with Crippen LogP contribution in [0.5, 0.6) is 0 Å². The molecule has 1 aromatic heterocycles. The Morgan fingerprint density at radius 3 is 2.82 bits per heavy atom. The molecule has 0 atom stereocenters. The van der Waals surface area contributed by atoms with Gasteiger partial charge >= 0.3 is 5.97 Å². The van der Waals surface area contributed by atoms with E-state index in [0.29, 0.717) is 12.5 Å². The average molecular weight is 237 g/mol. The van der Waals surface area contributed by atoms with Crippen molar-refractivity contribution in [2.45, 2.75) is 26.3 Å². The molecule has 1 aliphatic carbocycles. The summed E-state index contributed by atoms with van der Waals surface area (Å²) >= 11 is 0. The second-order valence-electron chi connectivity index (χ2n) is 4.89. The van der Waals surface area contributed by atoms with Gasteiger partial charge in [-0.3, -0.25) is 14.4 Å². The molecule has 1 fully saturated rings. The first-order chi connectivity index (χ1) is 8.06. The smallest absolute Gasteiger partial charge is 0.317 e. The van der Waals surface area contributed by atoms with Crippen LogP contribution in [0.3, 0.4) is 0 Å². The van der Waals surface area contributed by atoms with Crippen LogP contribution in [0, 0.1) is 12.8 Å². The van der Waals surface area contributed by atoms with Gasteiger partial charge in [-0.05, 0) is 25.7 Å². The number of carboxylic acids is 1. The van der Waals surface area contributed by atoms with Crippen molar-refractivity contribution in [1.82, 2.24) is 14.7 Å². The number of hydrogen-bond acceptors (Lipinski definition) is 3. The first kappa shape index (κ1) is 12.1. The maximum absolute atomic E-state index is 10.8. The molecule has 1 N–H and O–H groups in total. The first-order valence-corrected chi connectivity index (χ1v) is 5.98. The van der Waals surface area contributed by atoms with E-state index in [9.17, 15) is 4.79 Å². The summed E-state index contributed by atoms with van der Waals surface area (Å²) in [7, 11) is 1.90. The summed E-state index contributed by atoms with van der Waals surface area (Å²) in [6, 6.07) is 0. The Balaban J connectivity index is 1.99. The Morgan fingerprint density at radius 2 is 2.35 bits per heavy atom. The largest absolute Gasteiger partial charge is 0.480 e. The van der Waals surface area contributed by atoms with Gasteiger partial charge < -0.3 is 5.11 Å². The standard InChI is InChI=1S/C12H19N3O2/c1-9-11(5-13-14(9)2)7-15(8-12(16)17)6-10-3-4-10/h5,10H,3-4,6-8H2,1-2H3,(H,16,17). The fourth-order valence-corrected chi connectivity index (χ4v) is 1.98. The summed E-state index contributed by atoms with van der Waals surface area (Å²) in [6.07, 6.45) is 4.31. The number of carbonyl (C=O) groups is 1. The molecule has 1 heterocycles. The van der Waals surface area contributed by atoms with Gasteiger partial charge in [-0.25, -0.2) is 0 Å². The van der Waals surface area contributed by atoms with Crippen molar-refractivity contribution in [3.05, 3.63) is 17.5 Å². The minimum absolute atomic E-state index is 0.116. The van der Waals surface area contributed by atoms with Crippen molar-refractivity contribution in [2.75, 3.05) is 13.1 Å². The lowest BCUT2D eigenvalue weighted by molar-refractivity contribution is -0.138. The number of aliphatic carboxylic acids is 1. The highest BCUT2D eigenvalue weighted by Gasteiger charge is 2.25. The van der Waals surface area contributed by atoms with Gasteiger partial charge in [-0.2, -0.15) is 5.10 Å². The van der Waals surface area contributed by atoms with Crippen molar-refractivity contribution in [3.63, 3.8) is 0 Å². The van der Waals surface area contributed by atoms with Gasteiger partial charge in [0.1, 0.15) is 0 Å². The summed E-state index contributed by atoms with van der Waals surface area (Å²) in [5.74, 6) is -0.0569. The van der Waals surface area contributed by atoms with Gasteiger partial charge in [0, 0.05) is 31.4 Å². The third-order valence-electron chi connectivity index (χ3n) is 3.30. The SMILES string of the molecule is Cc1c(CN(CC(=O)O)CC2CC2)cnn1C. The van der Waals surface area contributed by atoms with E-state index >= 15 is 0 Å². The molecule has 94 valence electrons. The molecule has 0 radical (unpaired) electrons. The molecule has 0 amide bonds. The van der Waals surface area contributed by atoms with Crippen molar-refractivity contribution in [1.29, 1.82) is 0 Å². The molecular formula is C12H19N3O2. The van der Waals surface area contributed by atoms with E-state index in [0.717, 1.165) is 17.8 Å². The monoisotopic (exact) mass is 237 g/mol. The number of aryl methyl sites for hydroxylation is 1. The Labute approximate surface area is 101 Å².